The van der Waals surface area contributed by atoms with Crippen molar-refractivity contribution in [2.75, 3.05) is 0 Å². The molecule has 2 aromatic carbocycles. The molecule has 3 nitrogen and oxygen atoms in total. The zero-order chi connectivity index (χ0) is 13.4. The van der Waals surface area contributed by atoms with Crippen molar-refractivity contribution < 1.29 is 0 Å². The second-order valence-electron chi connectivity index (χ2n) is 4.30. The van der Waals surface area contributed by atoms with Crippen LogP contribution in [0.4, 0.5) is 0 Å². The number of hydrogen-bond acceptors (Lipinski definition) is 1. The number of imidazole rings is 1. The number of H-pyrrole nitrogens is 1. The molecule has 96 valence electrons. The Bertz CT molecular complexity index is 787. The third-order valence-electron chi connectivity index (χ3n) is 2.99. The Hall–Kier alpha value is -1.71. The molecule has 0 aliphatic heterocycles. The summed E-state index contributed by atoms with van der Waals surface area (Å²) in [4.78, 5) is 14.8. The van der Waals surface area contributed by atoms with Gasteiger partial charge in [-0.15, -0.1) is 0 Å². The van der Waals surface area contributed by atoms with Crippen LogP contribution < -0.4 is 5.69 Å². The van der Waals surface area contributed by atoms with Crippen molar-refractivity contribution in [1.29, 1.82) is 0 Å². The Morgan fingerprint density at radius 1 is 1.00 bits per heavy atom. The van der Waals surface area contributed by atoms with Gasteiger partial charge >= 0.3 is 5.69 Å². The van der Waals surface area contributed by atoms with Gasteiger partial charge in [0.1, 0.15) is 0 Å². The fourth-order valence-electron chi connectivity index (χ4n) is 2.06. The number of rotatable bonds is 2. The molecule has 0 atom stereocenters. The Labute approximate surface area is 119 Å². The van der Waals surface area contributed by atoms with Crippen LogP contribution in [0.15, 0.2) is 47.3 Å². The van der Waals surface area contributed by atoms with Crippen LogP contribution in [0.3, 0.4) is 0 Å². The Morgan fingerprint density at radius 3 is 2.42 bits per heavy atom. The third kappa shape index (κ3) is 2.39. The molecular weight excluding hydrogens is 283 g/mol. The van der Waals surface area contributed by atoms with Gasteiger partial charge in [0, 0.05) is 10.0 Å². The predicted octanol–water partition coefficient (Wildman–Crippen LogP) is 3.68. The average molecular weight is 293 g/mol. The van der Waals surface area contributed by atoms with E-state index in [1.807, 2.05) is 24.3 Å². The highest BCUT2D eigenvalue weighted by Gasteiger charge is 2.07. The highest BCUT2D eigenvalue weighted by molar-refractivity contribution is 6.31. The maximum atomic E-state index is 12.0. The molecule has 5 heteroatoms. The van der Waals surface area contributed by atoms with Crippen molar-refractivity contribution in [3.8, 4) is 0 Å². The molecule has 0 radical (unpaired) electrons. The first kappa shape index (κ1) is 12.3. The number of fused-ring (bicyclic) bond motifs is 1. The molecule has 0 saturated heterocycles. The molecule has 0 saturated carbocycles. The highest BCUT2D eigenvalue weighted by Crippen LogP contribution is 2.18. The fourth-order valence-corrected chi connectivity index (χ4v) is 2.35. The molecule has 0 fully saturated rings. The first-order chi connectivity index (χ1) is 9.13. The van der Waals surface area contributed by atoms with Gasteiger partial charge in [0.2, 0.25) is 0 Å². The fraction of sp³-hybridized carbons (Fsp3) is 0.0714. The Kier molecular flexibility index (Phi) is 3.09. The van der Waals surface area contributed by atoms with E-state index in [-0.39, 0.29) is 5.69 Å². The Morgan fingerprint density at radius 2 is 1.68 bits per heavy atom. The molecule has 0 amide bonds. The van der Waals surface area contributed by atoms with E-state index in [0.29, 0.717) is 16.6 Å². The van der Waals surface area contributed by atoms with E-state index in [4.69, 9.17) is 23.2 Å². The van der Waals surface area contributed by atoms with E-state index in [2.05, 4.69) is 4.98 Å². The summed E-state index contributed by atoms with van der Waals surface area (Å²) in [6, 6.07) is 12.8. The second kappa shape index (κ2) is 4.76. The lowest BCUT2D eigenvalue weighted by Crippen LogP contribution is -2.17. The molecule has 3 rings (SSSR count). The van der Waals surface area contributed by atoms with Gasteiger partial charge < -0.3 is 4.98 Å². The zero-order valence-corrected chi connectivity index (χ0v) is 11.4. The maximum absolute atomic E-state index is 12.0. The van der Waals surface area contributed by atoms with Gasteiger partial charge in [-0.25, -0.2) is 4.79 Å². The summed E-state index contributed by atoms with van der Waals surface area (Å²) in [5, 5.41) is 1.29. The van der Waals surface area contributed by atoms with Gasteiger partial charge in [0.15, 0.2) is 0 Å². The van der Waals surface area contributed by atoms with Crippen LogP contribution in [0, 0.1) is 0 Å². The topological polar surface area (TPSA) is 37.8 Å². The summed E-state index contributed by atoms with van der Waals surface area (Å²) < 4.78 is 1.66. The van der Waals surface area contributed by atoms with Crippen LogP contribution in [0.1, 0.15) is 5.56 Å². The molecule has 1 heterocycles. The van der Waals surface area contributed by atoms with Crippen molar-refractivity contribution in [3.63, 3.8) is 0 Å². The third-order valence-corrected chi connectivity index (χ3v) is 3.48. The van der Waals surface area contributed by atoms with Gasteiger partial charge in [0.25, 0.3) is 0 Å². The average Bonchev–Trinajstić information content (AvgIpc) is 2.69. The van der Waals surface area contributed by atoms with Crippen molar-refractivity contribution in [3.05, 3.63) is 68.6 Å². The quantitative estimate of drug-likeness (QED) is 0.769. The number of hydrogen-bond donors (Lipinski definition) is 1. The number of nitrogens with one attached hydrogen (secondary N) is 1. The van der Waals surface area contributed by atoms with E-state index in [1.54, 1.807) is 22.8 Å². The van der Waals surface area contributed by atoms with Crippen molar-refractivity contribution in [1.82, 2.24) is 9.55 Å². The van der Waals surface area contributed by atoms with Gasteiger partial charge in [0.05, 0.1) is 17.6 Å². The highest BCUT2D eigenvalue weighted by atomic mass is 35.5. The minimum atomic E-state index is -0.146. The number of aromatic amines is 1. The number of nitrogens with zero attached hydrogens (tertiary/aromatic N) is 1. The minimum absolute atomic E-state index is 0.146. The van der Waals surface area contributed by atoms with Crippen LogP contribution in [-0.2, 0) is 6.54 Å². The molecule has 0 spiro atoms. The first-order valence-corrected chi connectivity index (χ1v) is 6.51. The lowest BCUT2D eigenvalue weighted by molar-refractivity contribution is 0.787. The predicted molar refractivity (Wildman–Crippen MR) is 78.1 cm³/mol. The largest absolute Gasteiger partial charge is 0.326 e. The molecule has 0 unspecified atom stereocenters. The molecule has 0 aliphatic carbocycles. The molecule has 0 aliphatic rings. The van der Waals surface area contributed by atoms with Gasteiger partial charge in [-0.2, -0.15) is 0 Å². The minimum Gasteiger partial charge on any atom is -0.306 e. The van der Waals surface area contributed by atoms with Crippen LogP contribution in [0.25, 0.3) is 11.0 Å². The molecule has 3 aromatic rings. The lowest BCUT2D eigenvalue weighted by atomic mass is 10.2. The van der Waals surface area contributed by atoms with E-state index in [1.165, 1.54) is 0 Å². The summed E-state index contributed by atoms with van der Waals surface area (Å²) >= 11 is 11.8. The first-order valence-electron chi connectivity index (χ1n) is 5.76. The number of halogens is 2. The van der Waals surface area contributed by atoms with Crippen molar-refractivity contribution in [2.45, 2.75) is 6.54 Å². The van der Waals surface area contributed by atoms with Gasteiger partial charge in [-0.05, 0) is 35.9 Å². The van der Waals surface area contributed by atoms with Crippen LogP contribution in [-0.4, -0.2) is 9.55 Å². The van der Waals surface area contributed by atoms with Gasteiger partial charge in [-0.3, -0.25) is 4.57 Å². The monoisotopic (exact) mass is 292 g/mol. The molecular formula is C14H10Cl2N2O. The summed E-state index contributed by atoms with van der Waals surface area (Å²) in [5.74, 6) is 0. The summed E-state index contributed by atoms with van der Waals surface area (Å²) in [6.07, 6.45) is 0. The number of aromatic nitrogens is 2. The molecule has 1 aromatic heterocycles. The van der Waals surface area contributed by atoms with E-state index >= 15 is 0 Å². The maximum Gasteiger partial charge on any atom is 0.326 e. The molecule has 1 N–H and O–H groups in total. The second-order valence-corrected chi connectivity index (χ2v) is 5.18. The summed E-state index contributed by atoms with van der Waals surface area (Å²) in [5.41, 5.74) is 2.44. The van der Waals surface area contributed by atoms with E-state index in [0.717, 1.165) is 16.6 Å². The lowest BCUT2D eigenvalue weighted by Gasteiger charge is -2.04. The van der Waals surface area contributed by atoms with Crippen LogP contribution in [0.2, 0.25) is 10.0 Å². The van der Waals surface area contributed by atoms with Crippen LogP contribution in [0.5, 0.6) is 0 Å². The smallest absolute Gasteiger partial charge is 0.306 e. The van der Waals surface area contributed by atoms with E-state index in [9.17, 15) is 4.79 Å². The molecule has 0 bridgehead atoms. The van der Waals surface area contributed by atoms with Crippen molar-refractivity contribution in [2.24, 2.45) is 0 Å². The summed E-state index contributed by atoms with van der Waals surface area (Å²) in [7, 11) is 0. The summed E-state index contributed by atoms with van der Waals surface area (Å²) in [6.45, 7) is 0.482. The van der Waals surface area contributed by atoms with E-state index < -0.39 is 0 Å². The standard InChI is InChI=1S/C14H10Cl2N2O/c15-10-3-1-9(2-4-10)8-18-13-7-11(16)5-6-12(13)17-14(18)19/h1-7H,8H2,(H,17,19). The zero-order valence-electron chi connectivity index (χ0n) is 9.86. The Balaban J connectivity index is 2.09. The molecule has 19 heavy (non-hydrogen) atoms. The SMILES string of the molecule is O=c1[nH]c2ccc(Cl)cc2n1Cc1ccc(Cl)cc1. The normalized spacial score (nSPS) is 11.1. The van der Waals surface area contributed by atoms with Crippen molar-refractivity contribution >= 4 is 34.2 Å². The van der Waals surface area contributed by atoms with Gasteiger partial charge in [-0.1, -0.05) is 35.3 Å². The number of benzene rings is 2. The van der Waals surface area contributed by atoms with Crippen LogP contribution >= 0.6 is 23.2 Å².